The molecular formula is C29H20N4O5. The van der Waals surface area contributed by atoms with E-state index >= 15 is 0 Å². The molecule has 0 aliphatic carbocycles. The van der Waals surface area contributed by atoms with E-state index < -0.39 is 35.2 Å². The average molecular weight is 505 g/mol. The minimum Gasteiger partial charge on any atom is -0.271 e. The number of benzene rings is 4. The summed E-state index contributed by atoms with van der Waals surface area (Å²) < 4.78 is 0. The minimum atomic E-state index is -0.740. The molecule has 0 fully saturated rings. The third kappa shape index (κ3) is 3.90. The molecule has 0 saturated heterocycles. The predicted molar refractivity (Wildman–Crippen MR) is 140 cm³/mol. The van der Waals surface area contributed by atoms with Crippen LogP contribution in [0.15, 0.2) is 96.1 Å². The van der Waals surface area contributed by atoms with Crippen molar-refractivity contribution in [3.63, 3.8) is 0 Å². The number of rotatable bonds is 5. The van der Waals surface area contributed by atoms with E-state index in [0.29, 0.717) is 6.42 Å². The van der Waals surface area contributed by atoms with Gasteiger partial charge in [-0.05, 0) is 34.0 Å². The van der Waals surface area contributed by atoms with Gasteiger partial charge in [-0.1, -0.05) is 66.7 Å². The van der Waals surface area contributed by atoms with Gasteiger partial charge in [-0.2, -0.15) is 5.10 Å². The van der Waals surface area contributed by atoms with Gasteiger partial charge in [0.2, 0.25) is 0 Å². The number of amides is 3. The second kappa shape index (κ2) is 9.04. The van der Waals surface area contributed by atoms with Gasteiger partial charge in [0.05, 0.1) is 27.8 Å². The highest BCUT2D eigenvalue weighted by atomic mass is 16.6. The third-order valence-corrected chi connectivity index (χ3v) is 6.89. The van der Waals surface area contributed by atoms with Crippen molar-refractivity contribution in [3.8, 4) is 0 Å². The molecule has 0 spiro atoms. The maximum atomic E-state index is 13.6. The minimum absolute atomic E-state index is 0.0368. The normalized spacial score (nSPS) is 16.6. The van der Waals surface area contributed by atoms with Crippen molar-refractivity contribution >= 4 is 39.9 Å². The van der Waals surface area contributed by atoms with Gasteiger partial charge in [-0.15, -0.1) is 0 Å². The fourth-order valence-corrected chi connectivity index (χ4v) is 4.96. The number of imide groups is 1. The Kier molecular flexibility index (Phi) is 5.53. The molecule has 0 N–H and O–H groups in total. The summed E-state index contributed by atoms with van der Waals surface area (Å²) in [6.07, 6.45) is 0.461. The number of nitro benzene ring substituents is 1. The molecule has 186 valence electrons. The van der Waals surface area contributed by atoms with Gasteiger partial charge in [0.25, 0.3) is 23.4 Å². The topological polar surface area (TPSA) is 113 Å². The van der Waals surface area contributed by atoms with Crippen molar-refractivity contribution in [1.29, 1.82) is 0 Å². The Morgan fingerprint density at radius 3 is 2.34 bits per heavy atom. The van der Waals surface area contributed by atoms with Gasteiger partial charge >= 0.3 is 0 Å². The summed E-state index contributed by atoms with van der Waals surface area (Å²) in [4.78, 5) is 50.8. The number of hydrogen-bond donors (Lipinski definition) is 0. The number of hydrazone groups is 1. The third-order valence-electron chi connectivity index (χ3n) is 6.89. The Morgan fingerprint density at radius 1 is 0.868 bits per heavy atom. The number of hydrogen-bond acceptors (Lipinski definition) is 6. The Bertz CT molecular complexity index is 1680. The van der Waals surface area contributed by atoms with Crippen LogP contribution >= 0.6 is 0 Å². The molecule has 2 aliphatic rings. The lowest BCUT2D eigenvalue weighted by Gasteiger charge is -2.24. The summed E-state index contributed by atoms with van der Waals surface area (Å²) >= 11 is 0. The summed E-state index contributed by atoms with van der Waals surface area (Å²) in [5.74, 6) is -1.93. The fourth-order valence-electron chi connectivity index (χ4n) is 4.96. The zero-order chi connectivity index (χ0) is 26.4. The Balaban J connectivity index is 1.32. The Hall–Kier alpha value is -5.18. The van der Waals surface area contributed by atoms with Gasteiger partial charge < -0.3 is 0 Å². The van der Waals surface area contributed by atoms with Crippen LogP contribution in [0.4, 0.5) is 5.69 Å². The maximum absolute atomic E-state index is 13.6. The summed E-state index contributed by atoms with van der Waals surface area (Å²) in [6, 6.07) is 26.5. The molecular weight excluding hydrogens is 484 g/mol. The van der Waals surface area contributed by atoms with Gasteiger partial charge in [0, 0.05) is 18.6 Å². The summed E-state index contributed by atoms with van der Waals surface area (Å²) in [7, 11) is 0. The second-order valence-electron chi connectivity index (χ2n) is 9.16. The van der Waals surface area contributed by atoms with Crippen LogP contribution in [-0.4, -0.2) is 44.8 Å². The van der Waals surface area contributed by atoms with Crippen molar-refractivity contribution in [2.45, 2.75) is 12.5 Å². The van der Waals surface area contributed by atoms with Crippen LogP contribution in [0, 0.1) is 10.1 Å². The van der Waals surface area contributed by atoms with Crippen molar-refractivity contribution < 1.29 is 19.3 Å². The zero-order valence-electron chi connectivity index (χ0n) is 20.0. The molecule has 0 radical (unpaired) electrons. The molecule has 4 aromatic carbocycles. The van der Waals surface area contributed by atoms with Gasteiger partial charge in [0.15, 0.2) is 0 Å². The Morgan fingerprint density at radius 2 is 1.58 bits per heavy atom. The van der Waals surface area contributed by atoms with E-state index in [0.717, 1.165) is 38.6 Å². The summed E-state index contributed by atoms with van der Waals surface area (Å²) in [6.45, 7) is -0.530. The molecule has 2 heterocycles. The van der Waals surface area contributed by atoms with E-state index in [1.807, 2.05) is 72.8 Å². The predicted octanol–water partition coefficient (Wildman–Crippen LogP) is 4.72. The number of carbonyl (C=O) groups is 3. The lowest BCUT2D eigenvalue weighted by Crippen LogP contribution is -2.41. The van der Waals surface area contributed by atoms with E-state index in [9.17, 15) is 24.5 Å². The molecule has 2 aliphatic heterocycles. The molecule has 0 bridgehead atoms. The van der Waals surface area contributed by atoms with Crippen molar-refractivity contribution in [3.05, 3.63) is 123 Å². The highest BCUT2D eigenvalue weighted by Gasteiger charge is 2.41. The van der Waals surface area contributed by atoms with Crippen LogP contribution in [-0.2, 0) is 4.79 Å². The Labute approximate surface area is 216 Å². The van der Waals surface area contributed by atoms with E-state index in [1.165, 1.54) is 17.1 Å². The first kappa shape index (κ1) is 23.2. The van der Waals surface area contributed by atoms with Crippen LogP contribution in [0.25, 0.3) is 10.8 Å². The molecule has 3 amide bonds. The molecule has 4 aromatic rings. The first-order valence-electron chi connectivity index (χ1n) is 12.0. The molecule has 9 nitrogen and oxygen atoms in total. The van der Waals surface area contributed by atoms with Crippen molar-refractivity contribution in [1.82, 2.24) is 9.91 Å². The van der Waals surface area contributed by atoms with Gasteiger partial charge in [-0.25, -0.2) is 5.01 Å². The molecule has 1 atom stereocenters. The molecule has 1 unspecified atom stereocenters. The number of nitrogens with zero attached hydrogens (tertiary/aromatic N) is 4. The van der Waals surface area contributed by atoms with Crippen LogP contribution in [0.5, 0.6) is 0 Å². The lowest BCUT2D eigenvalue weighted by atomic mass is 9.97. The highest BCUT2D eigenvalue weighted by molar-refractivity contribution is 6.22. The monoisotopic (exact) mass is 504 g/mol. The molecule has 6 rings (SSSR count). The number of non-ortho nitro benzene ring substituents is 1. The van der Waals surface area contributed by atoms with E-state index in [1.54, 1.807) is 0 Å². The molecule has 38 heavy (non-hydrogen) atoms. The van der Waals surface area contributed by atoms with Crippen LogP contribution in [0.1, 0.15) is 44.3 Å². The number of carbonyl (C=O) groups excluding carboxylic acids is 3. The summed E-state index contributed by atoms with van der Waals surface area (Å²) in [5, 5.41) is 19.3. The molecule has 9 heteroatoms. The largest absolute Gasteiger partial charge is 0.271 e. The fraction of sp³-hybridized carbons (Fsp3) is 0.103. The van der Waals surface area contributed by atoms with Crippen LogP contribution in [0.3, 0.4) is 0 Å². The SMILES string of the molecule is O=C1c2ccc([N+](=O)[O-])cc2C(=O)N1CC(=O)N1N=C(c2ccc3ccccc3c2)CC1c1ccccc1. The second-order valence-corrected chi connectivity index (χ2v) is 9.16. The van der Waals surface area contributed by atoms with E-state index in [2.05, 4.69) is 5.10 Å². The first-order valence-corrected chi connectivity index (χ1v) is 12.0. The van der Waals surface area contributed by atoms with Crippen LogP contribution in [0.2, 0.25) is 0 Å². The number of fused-ring (bicyclic) bond motifs is 2. The summed E-state index contributed by atoms with van der Waals surface area (Å²) in [5.41, 5.74) is 2.13. The van der Waals surface area contributed by atoms with E-state index in [4.69, 9.17) is 0 Å². The zero-order valence-corrected chi connectivity index (χ0v) is 20.0. The van der Waals surface area contributed by atoms with Crippen molar-refractivity contribution in [2.75, 3.05) is 6.54 Å². The van der Waals surface area contributed by atoms with Gasteiger partial charge in [-0.3, -0.25) is 29.4 Å². The average Bonchev–Trinajstić information content (AvgIpc) is 3.49. The molecule has 0 saturated carbocycles. The maximum Gasteiger partial charge on any atom is 0.270 e. The van der Waals surface area contributed by atoms with Crippen LogP contribution < -0.4 is 0 Å². The first-order chi connectivity index (χ1) is 18.4. The van der Waals surface area contributed by atoms with Crippen molar-refractivity contribution in [2.24, 2.45) is 5.10 Å². The smallest absolute Gasteiger partial charge is 0.270 e. The molecule has 0 aromatic heterocycles. The lowest BCUT2D eigenvalue weighted by molar-refractivity contribution is -0.384. The quantitative estimate of drug-likeness (QED) is 0.222. The highest BCUT2D eigenvalue weighted by Crippen LogP contribution is 2.34. The van der Waals surface area contributed by atoms with E-state index in [-0.39, 0.29) is 16.8 Å². The number of nitro groups is 1. The van der Waals surface area contributed by atoms with Gasteiger partial charge in [0.1, 0.15) is 6.54 Å². The standard InChI is InChI=1S/C29H20N4O5/c34-27(17-31-28(35)23-13-12-22(33(37)38)15-24(23)29(31)36)32-26(19-7-2-1-3-8-19)16-25(30-32)21-11-10-18-6-4-5-9-20(18)14-21/h1-15,26H,16-17H2.